The Morgan fingerprint density at radius 1 is 0.292 bits per heavy atom. The van der Waals surface area contributed by atoms with Crippen molar-refractivity contribution in [1.29, 1.82) is 0 Å². The van der Waals surface area contributed by atoms with E-state index in [0.29, 0.717) is 23.0 Å². The Kier molecular flexibility index (Phi) is 27.3. The third-order valence-corrected chi connectivity index (χ3v) is 33.9. The van der Waals surface area contributed by atoms with Gasteiger partial charge in [0, 0.05) is 78.3 Å². The van der Waals surface area contributed by atoms with Crippen molar-refractivity contribution in [3.05, 3.63) is 72.8 Å². The van der Waals surface area contributed by atoms with Crippen LogP contribution in [0.1, 0.15) is 0 Å². The molecule has 0 saturated carbocycles. The number of methoxy groups -OCH3 is 8. The van der Waals surface area contributed by atoms with Gasteiger partial charge in [-0.3, -0.25) is 0 Å². The van der Waals surface area contributed by atoms with Gasteiger partial charge in [-0.2, -0.15) is 24.3 Å². The van der Waals surface area contributed by atoms with E-state index in [4.69, 9.17) is 37.9 Å². The van der Waals surface area contributed by atoms with Crippen LogP contribution in [0.15, 0.2) is 48.5 Å². The second-order valence-corrected chi connectivity index (χ2v) is 43.2. The topological polar surface area (TPSA) is 73.8 Å². The van der Waals surface area contributed by atoms with Crippen LogP contribution in [0.2, 0.25) is 101 Å². The van der Waals surface area contributed by atoms with Crippen LogP contribution in [-0.2, 0) is 0 Å². The van der Waals surface area contributed by atoms with Gasteiger partial charge in [0.1, 0.15) is 0 Å². The van der Waals surface area contributed by atoms with Crippen molar-refractivity contribution < 1.29 is 113 Å². The molecule has 0 fully saturated rings. The van der Waals surface area contributed by atoms with Crippen LogP contribution in [0.3, 0.4) is 0 Å². The Balaban J connectivity index is 0.0000102. The first-order valence-electron chi connectivity index (χ1n) is 21.4. The first-order chi connectivity index (χ1) is 28.8. The number of ether oxygens (including phenoxy) is 8. The largest absolute Gasteiger partial charge is 1.00 e. The SMILES string of the molecule is COc1[c-]c(OC)c([Si](C)(C)CC[Si](CC[Si](C)(C)c2ccc(OC)[c-]c2OC)(CC[Si](C)(C)c2ccc(OC)[c-]c2OC)CC[Si](C)(C)c2ccc(OC)[c-]c2OC)cc1.[Li+].[Li+].[Li+].[Li+]. The van der Waals surface area contributed by atoms with Crippen LogP contribution in [0.4, 0.5) is 0 Å². The van der Waals surface area contributed by atoms with E-state index in [0.717, 1.165) is 23.0 Å². The van der Waals surface area contributed by atoms with Gasteiger partial charge in [-0.25, -0.2) is 0 Å². The molecule has 0 heterocycles. The minimum absolute atomic E-state index is 0. The normalized spacial score (nSPS) is 11.7. The second kappa shape index (κ2) is 27.8. The number of rotatable bonds is 24. The molecule has 0 bridgehead atoms. The zero-order valence-electron chi connectivity index (χ0n) is 44.0. The van der Waals surface area contributed by atoms with E-state index >= 15 is 0 Å². The van der Waals surface area contributed by atoms with Gasteiger partial charge in [0.25, 0.3) is 0 Å². The molecule has 0 unspecified atom stereocenters. The molecular weight excluding hydrogens is 873 g/mol. The summed E-state index contributed by atoms with van der Waals surface area (Å²) in [5.41, 5.74) is 0. The molecular formula is C48H72Li4O8Si5. The molecule has 0 atom stereocenters. The fraction of sp³-hybridized carbons (Fsp3) is 0.500. The molecule has 0 aliphatic heterocycles. The number of hydrogen-bond acceptors (Lipinski definition) is 8. The van der Waals surface area contributed by atoms with Crippen molar-refractivity contribution in [2.24, 2.45) is 0 Å². The maximum absolute atomic E-state index is 6.00. The van der Waals surface area contributed by atoms with Crippen LogP contribution < -0.4 is 134 Å². The Morgan fingerprint density at radius 2 is 0.477 bits per heavy atom. The van der Waals surface area contributed by atoms with E-state index in [-0.39, 0.29) is 75.4 Å². The van der Waals surface area contributed by atoms with Gasteiger partial charge in [0.2, 0.25) is 0 Å². The number of hydrogen-bond donors (Lipinski definition) is 0. The van der Waals surface area contributed by atoms with Gasteiger partial charge in [0.15, 0.2) is 0 Å². The molecule has 0 saturated heterocycles. The zero-order chi connectivity index (χ0) is 45.2. The Bertz CT molecular complexity index is 1780. The minimum Gasteiger partial charge on any atom is -0.522 e. The average Bonchev–Trinajstić information content (AvgIpc) is 3.27. The van der Waals surface area contributed by atoms with Crippen LogP contribution >= 0.6 is 0 Å². The molecule has 4 rings (SSSR count). The van der Waals surface area contributed by atoms with Crippen LogP contribution in [0.25, 0.3) is 0 Å². The van der Waals surface area contributed by atoms with Gasteiger partial charge in [0.05, 0.1) is 65.0 Å². The first-order valence-corrected chi connectivity index (χ1v) is 37.0. The zero-order valence-corrected chi connectivity index (χ0v) is 49.0. The maximum Gasteiger partial charge on any atom is 1.00 e. The molecule has 0 radical (unpaired) electrons. The van der Waals surface area contributed by atoms with Crippen LogP contribution in [-0.4, -0.2) is 97.2 Å². The Hall–Kier alpha value is -1.25. The third-order valence-electron chi connectivity index (χ3n) is 13.3. The standard InChI is InChI=1S/C48H72O8Si5.4Li/c1-49-37-17-21-45(41(33-37)53-5)57(9,10)25-29-61(30-26-58(11,12)46-22-18-38(50-2)34-42(46)54-6,31-27-59(13,14)47-23-19-39(51-3)35-43(47)55-7)32-28-60(15,16)48-24-20-40(52-4)36-44(48)56-8;;;;/h17-24H,25-32H2,1-16H3;;;;/q-4;4*+1. The minimum atomic E-state index is -2.11. The molecule has 0 aliphatic rings. The smallest absolute Gasteiger partial charge is 0.522 e. The summed E-state index contributed by atoms with van der Waals surface area (Å²) in [6.07, 6.45) is 0. The summed E-state index contributed by atoms with van der Waals surface area (Å²) in [5, 5.41) is 5.20. The fourth-order valence-corrected chi connectivity index (χ4v) is 35.0. The van der Waals surface area contributed by atoms with E-state index in [1.165, 1.54) is 69.1 Å². The van der Waals surface area contributed by atoms with Crippen LogP contribution in [0.5, 0.6) is 46.0 Å². The molecule has 17 heteroatoms. The Morgan fingerprint density at radius 3 is 0.631 bits per heavy atom. The van der Waals surface area contributed by atoms with E-state index < -0.39 is 40.4 Å². The molecule has 8 nitrogen and oxygen atoms in total. The van der Waals surface area contributed by atoms with Crippen molar-refractivity contribution >= 4 is 61.1 Å². The summed E-state index contributed by atoms with van der Waals surface area (Å²) in [6.45, 7) is 20.1. The predicted octanol–water partition coefficient (Wildman–Crippen LogP) is -2.82. The molecule has 0 aromatic heterocycles. The van der Waals surface area contributed by atoms with Crippen molar-refractivity contribution in [3.8, 4) is 46.0 Å². The summed E-state index contributed by atoms with van der Waals surface area (Å²) < 4.78 is 46.3. The van der Waals surface area contributed by atoms with Gasteiger partial charge in [-0.1, -0.05) is 125 Å². The maximum atomic E-state index is 6.00. The van der Waals surface area contributed by atoms with Gasteiger partial charge >= 0.3 is 75.4 Å². The first kappa shape index (κ1) is 63.8. The van der Waals surface area contributed by atoms with E-state index in [2.05, 4.69) is 101 Å². The van der Waals surface area contributed by atoms with Gasteiger partial charge in [-0.05, 0) is 0 Å². The summed E-state index contributed by atoms with van der Waals surface area (Å²) in [5.74, 6) is 6.04. The summed E-state index contributed by atoms with van der Waals surface area (Å²) in [7, 11) is 3.49. The molecule has 65 heavy (non-hydrogen) atoms. The molecule has 336 valence electrons. The molecule has 4 aromatic rings. The fourth-order valence-electron chi connectivity index (χ4n) is 8.67. The van der Waals surface area contributed by atoms with E-state index in [1.807, 2.05) is 24.3 Å². The summed E-state index contributed by atoms with van der Waals surface area (Å²) in [4.78, 5) is 0. The monoisotopic (exact) mass is 944 g/mol. The quantitative estimate of drug-likeness (QED) is 0.0552. The average molecular weight is 945 g/mol. The van der Waals surface area contributed by atoms with E-state index in [1.54, 1.807) is 56.9 Å². The molecule has 4 aromatic carbocycles. The summed E-state index contributed by atoms with van der Waals surface area (Å²) >= 11 is 0. The van der Waals surface area contributed by atoms with Crippen molar-refractivity contribution in [2.45, 2.75) is 101 Å². The Labute approximate surface area is 446 Å². The van der Waals surface area contributed by atoms with Crippen molar-refractivity contribution in [2.75, 3.05) is 56.9 Å². The molecule has 0 aliphatic carbocycles. The molecule has 0 N–H and O–H groups in total. The van der Waals surface area contributed by atoms with Crippen LogP contribution in [0, 0.1) is 24.3 Å². The van der Waals surface area contributed by atoms with Crippen molar-refractivity contribution in [3.63, 3.8) is 0 Å². The van der Waals surface area contributed by atoms with Gasteiger partial charge in [-0.15, -0.1) is 45.0 Å². The predicted molar refractivity (Wildman–Crippen MR) is 266 cm³/mol. The van der Waals surface area contributed by atoms with Crippen molar-refractivity contribution in [1.82, 2.24) is 0 Å². The third kappa shape index (κ3) is 16.4. The van der Waals surface area contributed by atoms with E-state index in [9.17, 15) is 0 Å². The van der Waals surface area contributed by atoms with Gasteiger partial charge < -0.3 is 37.9 Å². The number of benzene rings is 4. The molecule has 0 spiro atoms. The molecule has 0 amide bonds. The summed E-state index contributed by atoms with van der Waals surface area (Å²) in [6, 6.07) is 40.4. The second-order valence-electron chi connectivity index (χ2n) is 18.9.